The molecule has 0 unspecified atom stereocenters. The van der Waals surface area contributed by atoms with Gasteiger partial charge in [-0.05, 0) is 44.4 Å². The van der Waals surface area contributed by atoms with Crippen LogP contribution in [0.5, 0.6) is 0 Å². The van der Waals surface area contributed by atoms with Crippen molar-refractivity contribution in [2.75, 3.05) is 23.8 Å². The van der Waals surface area contributed by atoms with Crippen LogP contribution in [0.4, 0.5) is 17.5 Å². The zero-order valence-electron chi connectivity index (χ0n) is 14.3. The van der Waals surface area contributed by atoms with Gasteiger partial charge in [0.2, 0.25) is 5.95 Å². The first kappa shape index (κ1) is 16.3. The van der Waals surface area contributed by atoms with Crippen molar-refractivity contribution in [3.63, 3.8) is 0 Å². The lowest BCUT2D eigenvalue weighted by Crippen LogP contribution is -2.20. The third-order valence-corrected chi connectivity index (χ3v) is 3.79. The molecule has 0 bridgehead atoms. The summed E-state index contributed by atoms with van der Waals surface area (Å²) in [4.78, 5) is 11.2. The van der Waals surface area contributed by atoms with Crippen LogP contribution in [0.2, 0.25) is 0 Å². The van der Waals surface area contributed by atoms with Gasteiger partial charge in [-0.25, -0.2) is 4.98 Å². The van der Waals surface area contributed by atoms with Crippen LogP contribution in [0, 0.1) is 20.8 Å². The molecule has 1 heterocycles. The van der Waals surface area contributed by atoms with Gasteiger partial charge >= 0.3 is 0 Å². The minimum Gasteiger partial charge on any atom is -0.360 e. The summed E-state index contributed by atoms with van der Waals surface area (Å²) in [5.74, 6) is 1.60. The molecule has 0 radical (unpaired) electrons. The standard InChI is InChI=1S/C18H26N4/c1-6-7-10-22(5)16-8-9-19-18(20-16)21-17-14(3)11-13(2)12-15(17)4/h8-9,11-12H,6-7,10H2,1-5H3,(H,19,20,21). The molecule has 0 aliphatic heterocycles. The summed E-state index contributed by atoms with van der Waals surface area (Å²) in [5, 5.41) is 3.37. The van der Waals surface area contributed by atoms with E-state index in [9.17, 15) is 0 Å². The van der Waals surface area contributed by atoms with E-state index in [0.717, 1.165) is 18.1 Å². The Balaban J connectivity index is 2.21. The van der Waals surface area contributed by atoms with E-state index in [1.165, 1.54) is 29.5 Å². The number of unbranched alkanes of at least 4 members (excludes halogenated alkanes) is 1. The minimum atomic E-state index is 0.649. The van der Waals surface area contributed by atoms with Crippen LogP contribution in [0.1, 0.15) is 36.5 Å². The first-order chi connectivity index (χ1) is 10.5. The molecule has 2 rings (SSSR count). The predicted molar refractivity (Wildman–Crippen MR) is 94.1 cm³/mol. The van der Waals surface area contributed by atoms with Crippen molar-refractivity contribution >= 4 is 17.5 Å². The molecule has 1 aromatic heterocycles. The Kier molecular flexibility index (Phi) is 5.36. The third kappa shape index (κ3) is 3.97. The van der Waals surface area contributed by atoms with Gasteiger partial charge in [0.05, 0.1) is 0 Å². The highest BCUT2D eigenvalue weighted by molar-refractivity contribution is 5.64. The highest BCUT2D eigenvalue weighted by Gasteiger charge is 2.08. The summed E-state index contributed by atoms with van der Waals surface area (Å²) >= 11 is 0. The number of hydrogen-bond acceptors (Lipinski definition) is 4. The molecule has 4 nitrogen and oxygen atoms in total. The molecular formula is C18H26N4. The fraction of sp³-hybridized carbons (Fsp3) is 0.444. The predicted octanol–water partition coefficient (Wildman–Crippen LogP) is 4.38. The average molecular weight is 298 g/mol. The van der Waals surface area contributed by atoms with Crippen molar-refractivity contribution in [3.8, 4) is 0 Å². The van der Waals surface area contributed by atoms with E-state index in [4.69, 9.17) is 0 Å². The Labute approximate surface area is 133 Å². The number of hydrogen-bond donors (Lipinski definition) is 1. The van der Waals surface area contributed by atoms with Crippen LogP contribution in [-0.2, 0) is 0 Å². The molecule has 0 spiro atoms. The number of benzene rings is 1. The van der Waals surface area contributed by atoms with Crippen molar-refractivity contribution in [1.29, 1.82) is 0 Å². The summed E-state index contributed by atoms with van der Waals surface area (Å²) in [6, 6.07) is 6.30. The van der Waals surface area contributed by atoms with Crippen LogP contribution < -0.4 is 10.2 Å². The first-order valence-electron chi connectivity index (χ1n) is 7.90. The van der Waals surface area contributed by atoms with Gasteiger partial charge in [-0.3, -0.25) is 0 Å². The van der Waals surface area contributed by atoms with Crippen LogP contribution >= 0.6 is 0 Å². The molecular weight excluding hydrogens is 272 g/mol. The van der Waals surface area contributed by atoms with E-state index in [1.807, 2.05) is 12.3 Å². The van der Waals surface area contributed by atoms with Gasteiger partial charge in [0, 0.05) is 25.5 Å². The van der Waals surface area contributed by atoms with Crippen LogP contribution in [0.3, 0.4) is 0 Å². The van der Waals surface area contributed by atoms with Crippen LogP contribution in [0.15, 0.2) is 24.4 Å². The SMILES string of the molecule is CCCCN(C)c1ccnc(Nc2c(C)cc(C)cc2C)n1. The van der Waals surface area contributed by atoms with Crippen molar-refractivity contribution in [2.24, 2.45) is 0 Å². The van der Waals surface area contributed by atoms with Crippen LogP contribution in [0.25, 0.3) is 0 Å². The van der Waals surface area contributed by atoms with E-state index in [2.05, 4.69) is 67.1 Å². The Morgan fingerprint density at radius 1 is 1.14 bits per heavy atom. The van der Waals surface area contributed by atoms with Crippen molar-refractivity contribution in [1.82, 2.24) is 9.97 Å². The van der Waals surface area contributed by atoms with E-state index in [0.29, 0.717) is 5.95 Å². The molecule has 118 valence electrons. The lowest BCUT2D eigenvalue weighted by molar-refractivity contribution is 0.759. The first-order valence-corrected chi connectivity index (χ1v) is 7.90. The summed E-state index contributed by atoms with van der Waals surface area (Å²) in [6.45, 7) is 9.54. The normalized spacial score (nSPS) is 10.6. The molecule has 22 heavy (non-hydrogen) atoms. The van der Waals surface area contributed by atoms with E-state index in [1.54, 1.807) is 0 Å². The number of anilines is 3. The van der Waals surface area contributed by atoms with Gasteiger partial charge < -0.3 is 10.2 Å². The topological polar surface area (TPSA) is 41.1 Å². The summed E-state index contributed by atoms with van der Waals surface area (Å²) < 4.78 is 0. The van der Waals surface area contributed by atoms with Gasteiger partial charge in [-0.15, -0.1) is 0 Å². The van der Waals surface area contributed by atoms with Gasteiger partial charge in [0.25, 0.3) is 0 Å². The number of rotatable bonds is 6. The fourth-order valence-electron chi connectivity index (χ4n) is 2.62. The number of nitrogens with zero attached hydrogens (tertiary/aromatic N) is 3. The maximum absolute atomic E-state index is 4.63. The zero-order valence-corrected chi connectivity index (χ0v) is 14.3. The number of nitrogens with one attached hydrogen (secondary N) is 1. The molecule has 0 aliphatic rings. The monoisotopic (exact) mass is 298 g/mol. The van der Waals surface area contributed by atoms with E-state index < -0.39 is 0 Å². The third-order valence-electron chi connectivity index (χ3n) is 3.79. The lowest BCUT2D eigenvalue weighted by Gasteiger charge is -2.19. The molecule has 1 aromatic carbocycles. The highest BCUT2D eigenvalue weighted by atomic mass is 15.2. The second-order valence-electron chi connectivity index (χ2n) is 5.91. The van der Waals surface area contributed by atoms with Crippen molar-refractivity contribution < 1.29 is 0 Å². The Morgan fingerprint density at radius 2 is 1.82 bits per heavy atom. The van der Waals surface area contributed by atoms with Gasteiger partial charge in [0.1, 0.15) is 5.82 Å². The Morgan fingerprint density at radius 3 is 2.45 bits per heavy atom. The lowest BCUT2D eigenvalue weighted by atomic mass is 10.1. The fourth-order valence-corrected chi connectivity index (χ4v) is 2.62. The zero-order chi connectivity index (χ0) is 16.1. The maximum Gasteiger partial charge on any atom is 0.229 e. The molecule has 1 N–H and O–H groups in total. The molecule has 0 amide bonds. The van der Waals surface area contributed by atoms with E-state index >= 15 is 0 Å². The quantitative estimate of drug-likeness (QED) is 0.859. The second-order valence-corrected chi connectivity index (χ2v) is 5.91. The van der Waals surface area contributed by atoms with Crippen LogP contribution in [-0.4, -0.2) is 23.6 Å². The Hall–Kier alpha value is -2.10. The van der Waals surface area contributed by atoms with E-state index in [-0.39, 0.29) is 0 Å². The second kappa shape index (κ2) is 7.25. The molecule has 0 saturated carbocycles. The average Bonchev–Trinajstić information content (AvgIpc) is 2.48. The van der Waals surface area contributed by atoms with Gasteiger partial charge in [-0.2, -0.15) is 4.98 Å². The molecule has 0 saturated heterocycles. The molecule has 0 atom stereocenters. The summed E-state index contributed by atoms with van der Waals surface area (Å²) in [5.41, 5.74) is 4.80. The van der Waals surface area contributed by atoms with Gasteiger partial charge in [-0.1, -0.05) is 31.0 Å². The Bertz CT molecular complexity index is 614. The largest absolute Gasteiger partial charge is 0.360 e. The minimum absolute atomic E-state index is 0.649. The molecule has 0 fully saturated rings. The summed E-state index contributed by atoms with van der Waals surface area (Å²) in [7, 11) is 2.07. The van der Waals surface area contributed by atoms with Crippen molar-refractivity contribution in [3.05, 3.63) is 41.1 Å². The molecule has 0 aliphatic carbocycles. The highest BCUT2D eigenvalue weighted by Crippen LogP contribution is 2.25. The maximum atomic E-state index is 4.63. The number of aromatic nitrogens is 2. The van der Waals surface area contributed by atoms with Crippen molar-refractivity contribution in [2.45, 2.75) is 40.5 Å². The smallest absolute Gasteiger partial charge is 0.229 e. The number of aryl methyl sites for hydroxylation is 3. The molecule has 4 heteroatoms. The molecule has 2 aromatic rings. The summed E-state index contributed by atoms with van der Waals surface area (Å²) in [6.07, 6.45) is 4.16. The van der Waals surface area contributed by atoms with Gasteiger partial charge in [0.15, 0.2) is 0 Å².